The summed E-state index contributed by atoms with van der Waals surface area (Å²) in [4.78, 5) is 23.2. The molecule has 1 N–H and O–H groups in total. The Labute approximate surface area is 158 Å². The zero-order chi connectivity index (χ0) is 19.2. The number of hydrogen-bond donors (Lipinski definition) is 1. The van der Waals surface area contributed by atoms with Crippen LogP contribution in [0.1, 0.15) is 23.0 Å². The molecule has 3 aromatic rings. The molecule has 0 aliphatic carbocycles. The number of aromatic nitrogens is 2. The van der Waals surface area contributed by atoms with E-state index in [1.165, 1.54) is 6.33 Å². The van der Waals surface area contributed by atoms with Gasteiger partial charge in [0.15, 0.2) is 0 Å². The molecule has 0 spiro atoms. The molecule has 1 heterocycles. The fraction of sp³-hybridized carbons (Fsp3) is 0.190. The van der Waals surface area contributed by atoms with Crippen molar-refractivity contribution in [3.8, 4) is 5.75 Å². The Balaban J connectivity index is 1.87. The lowest BCUT2D eigenvalue weighted by Crippen LogP contribution is -2.20. The minimum absolute atomic E-state index is 0.289. The zero-order valence-corrected chi connectivity index (χ0v) is 15.6. The van der Waals surface area contributed by atoms with Crippen LogP contribution in [0.2, 0.25) is 0 Å². The van der Waals surface area contributed by atoms with Crippen molar-refractivity contribution in [3.63, 3.8) is 0 Å². The van der Waals surface area contributed by atoms with Gasteiger partial charge in [0.2, 0.25) is 0 Å². The van der Waals surface area contributed by atoms with Gasteiger partial charge >= 0.3 is 0 Å². The number of para-hydroxylation sites is 2. The number of ether oxygens (including phenoxy) is 1. The van der Waals surface area contributed by atoms with Gasteiger partial charge in [-0.1, -0.05) is 24.3 Å². The molecule has 6 nitrogen and oxygen atoms in total. The fourth-order valence-electron chi connectivity index (χ4n) is 2.83. The van der Waals surface area contributed by atoms with Crippen LogP contribution in [0.5, 0.6) is 5.75 Å². The van der Waals surface area contributed by atoms with E-state index in [4.69, 9.17) is 4.74 Å². The van der Waals surface area contributed by atoms with E-state index in [1.807, 2.05) is 49.1 Å². The van der Waals surface area contributed by atoms with Crippen molar-refractivity contribution in [2.45, 2.75) is 13.8 Å². The summed E-state index contributed by atoms with van der Waals surface area (Å²) in [5.74, 6) is 0.946. The van der Waals surface area contributed by atoms with E-state index in [0.717, 1.165) is 11.3 Å². The molecule has 0 atom stereocenters. The van der Waals surface area contributed by atoms with Crippen LogP contribution < -0.4 is 15.0 Å². The minimum Gasteiger partial charge on any atom is -0.495 e. The Morgan fingerprint density at radius 3 is 2.67 bits per heavy atom. The first kappa shape index (κ1) is 18.4. The second-order valence-electron chi connectivity index (χ2n) is 6.00. The summed E-state index contributed by atoms with van der Waals surface area (Å²) < 4.78 is 5.27. The van der Waals surface area contributed by atoms with Crippen LogP contribution in [0.4, 0.5) is 17.2 Å². The van der Waals surface area contributed by atoms with Crippen LogP contribution in [0.25, 0.3) is 0 Å². The number of rotatable bonds is 6. The minimum atomic E-state index is -0.316. The molecule has 0 bridgehead atoms. The number of hydrogen-bond acceptors (Lipinski definition) is 5. The molecular formula is C21H22N4O2. The molecule has 6 heteroatoms. The topological polar surface area (TPSA) is 67.4 Å². The molecule has 27 heavy (non-hydrogen) atoms. The van der Waals surface area contributed by atoms with Crippen molar-refractivity contribution in [1.29, 1.82) is 0 Å². The van der Waals surface area contributed by atoms with Crippen LogP contribution in [0.3, 0.4) is 0 Å². The monoisotopic (exact) mass is 362 g/mol. The number of nitrogens with one attached hydrogen (secondary N) is 1. The number of carbonyl (C=O) groups excluding carboxylic acids is 1. The fourth-order valence-corrected chi connectivity index (χ4v) is 2.83. The molecule has 0 aliphatic rings. The van der Waals surface area contributed by atoms with E-state index in [1.54, 1.807) is 25.3 Å². The third kappa shape index (κ3) is 4.23. The van der Waals surface area contributed by atoms with Crippen LogP contribution in [0.15, 0.2) is 60.9 Å². The molecule has 0 radical (unpaired) electrons. The molecular weight excluding hydrogens is 340 g/mol. The second kappa shape index (κ2) is 8.31. The van der Waals surface area contributed by atoms with Gasteiger partial charge < -0.3 is 15.0 Å². The Bertz CT molecular complexity index is 943. The highest BCUT2D eigenvalue weighted by Crippen LogP contribution is 2.26. The van der Waals surface area contributed by atoms with E-state index < -0.39 is 0 Å². The number of nitrogens with zero attached hydrogens (tertiary/aromatic N) is 3. The van der Waals surface area contributed by atoms with Gasteiger partial charge in [0.1, 0.15) is 23.6 Å². The molecule has 3 rings (SSSR count). The van der Waals surface area contributed by atoms with Gasteiger partial charge in [0.25, 0.3) is 5.91 Å². The van der Waals surface area contributed by atoms with Crippen molar-refractivity contribution in [2.24, 2.45) is 0 Å². The third-order valence-corrected chi connectivity index (χ3v) is 4.15. The normalized spacial score (nSPS) is 10.3. The summed E-state index contributed by atoms with van der Waals surface area (Å²) in [6, 6.07) is 17.1. The first-order chi connectivity index (χ1) is 13.1. The number of amides is 1. The Morgan fingerprint density at radius 1 is 1.11 bits per heavy atom. The predicted octanol–water partition coefficient (Wildman–Crippen LogP) is 4.20. The standard InChI is InChI=1S/C21H22N4O2/c1-4-25(16-9-7-8-15(2)12-16)20-13-18(22-14-23-20)21(26)24-17-10-5-6-11-19(17)27-3/h5-14H,4H2,1-3H3,(H,24,26). The first-order valence-electron chi connectivity index (χ1n) is 8.73. The maximum absolute atomic E-state index is 12.7. The van der Waals surface area contributed by atoms with E-state index in [2.05, 4.69) is 21.4 Å². The van der Waals surface area contributed by atoms with Gasteiger partial charge in [0.05, 0.1) is 12.8 Å². The average Bonchev–Trinajstić information content (AvgIpc) is 2.69. The Kier molecular flexibility index (Phi) is 5.66. The maximum Gasteiger partial charge on any atom is 0.274 e. The molecule has 1 amide bonds. The number of aryl methyl sites for hydroxylation is 1. The van der Waals surface area contributed by atoms with Gasteiger partial charge in [-0.3, -0.25) is 4.79 Å². The molecule has 0 saturated heterocycles. The first-order valence-corrected chi connectivity index (χ1v) is 8.73. The van der Waals surface area contributed by atoms with Gasteiger partial charge in [-0.15, -0.1) is 0 Å². The molecule has 0 saturated carbocycles. The third-order valence-electron chi connectivity index (χ3n) is 4.15. The summed E-state index contributed by atoms with van der Waals surface area (Å²) in [6.45, 7) is 4.80. The van der Waals surface area contributed by atoms with Crippen LogP contribution in [0, 0.1) is 6.92 Å². The van der Waals surface area contributed by atoms with E-state index in [-0.39, 0.29) is 11.6 Å². The Hall–Kier alpha value is -3.41. The number of anilines is 3. The van der Waals surface area contributed by atoms with Gasteiger partial charge in [-0.25, -0.2) is 9.97 Å². The lowest BCUT2D eigenvalue weighted by Gasteiger charge is -2.22. The lowest BCUT2D eigenvalue weighted by atomic mass is 10.2. The van der Waals surface area contributed by atoms with Crippen molar-refractivity contribution in [3.05, 3.63) is 72.2 Å². The van der Waals surface area contributed by atoms with E-state index >= 15 is 0 Å². The molecule has 2 aromatic carbocycles. The molecule has 138 valence electrons. The predicted molar refractivity (Wildman–Crippen MR) is 107 cm³/mol. The van der Waals surface area contributed by atoms with Gasteiger partial charge in [-0.05, 0) is 43.7 Å². The van der Waals surface area contributed by atoms with E-state index in [0.29, 0.717) is 23.8 Å². The van der Waals surface area contributed by atoms with Crippen molar-refractivity contribution >= 4 is 23.1 Å². The highest BCUT2D eigenvalue weighted by molar-refractivity contribution is 6.04. The SMILES string of the molecule is CCN(c1cccc(C)c1)c1cc(C(=O)Nc2ccccc2OC)ncn1. The Morgan fingerprint density at radius 2 is 1.93 bits per heavy atom. The smallest absolute Gasteiger partial charge is 0.274 e. The second-order valence-corrected chi connectivity index (χ2v) is 6.00. The number of benzene rings is 2. The van der Waals surface area contributed by atoms with Crippen LogP contribution >= 0.6 is 0 Å². The number of methoxy groups -OCH3 is 1. The van der Waals surface area contributed by atoms with Crippen molar-refractivity contribution < 1.29 is 9.53 Å². The maximum atomic E-state index is 12.7. The summed E-state index contributed by atoms with van der Waals surface area (Å²) in [5.41, 5.74) is 3.06. The van der Waals surface area contributed by atoms with E-state index in [9.17, 15) is 4.79 Å². The average molecular weight is 362 g/mol. The van der Waals surface area contributed by atoms with Crippen molar-refractivity contribution in [2.75, 3.05) is 23.9 Å². The van der Waals surface area contributed by atoms with Crippen molar-refractivity contribution in [1.82, 2.24) is 9.97 Å². The summed E-state index contributed by atoms with van der Waals surface area (Å²) in [6.07, 6.45) is 1.41. The molecule has 0 fully saturated rings. The summed E-state index contributed by atoms with van der Waals surface area (Å²) in [7, 11) is 1.56. The molecule has 0 unspecified atom stereocenters. The number of carbonyl (C=O) groups is 1. The highest BCUT2D eigenvalue weighted by Gasteiger charge is 2.15. The molecule has 1 aromatic heterocycles. The lowest BCUT2D eigenvalue weighted by molar-refractivity contribution is 0.102. The zero-order valence-electron chi connectivity index (χ0n) is 15.6. The largest absolute Gasteiger partial charge is 0.495 e. The van der Waals surface area contributed by atoms with Crippen LogP contribution in [-0.2, 0) is 0 Å². The highest BCUT2D eigenvalue weighted by atomic mass is 16.5. The molecule has 0 aliphatic heterocycles. The van der Waals surface area contributed by atoms with Crippen LogP contribution in [-0.4, -0.2) is 29.5 Å². The van der Waals surface area contributed by atoms with Gasteiger partial charge in [0, 0.05) is 18.3 Å². The summed E-state index contributed by atoms with van der Waals surface area (Å²) in [5, 5.41) is 2.84. The summed E-state index contributed by atoms with van der Waals surface area (Å²) >= 11 is 0. The van der Waals surface area contributed by atoms with Gasteiger partial charge in [-0.2, -0.15) is 0 Å². The quantitative estimate of drug-likeness (QED) is 0.712.